The summed E-state index contributed by atoms with van der Waals surface area (Å²) in [7, 11) is -4.51. The van der Waals surface area contributed by atoms with Gasteiger partial charge < -0.3 is 20.2 Å². The molecule has 0 saturated heterocycles. The number of aromatic amines is 2. The van der Waals surface area contributed by atoms with Gasteiger partial charge in [0.05, 0.1) is 0 Å². The monoisotopic (exact) mass is 358 g/mol. The minimum Gasteiger partial charge on any atom is -0.477 e. The molecular weight excluding hydrogens is 348 g/mol. The van der Waals surface area contributed by atoms with Gasteiger partial charge in [-0.1, -0.05) is 0 Å². The molecule has 0 fully saturated rings. The van der Waals surface area contributed by atoms with Gasteiger partial charge in [0, 0.05) is 12.4 Å². The normalized spacial score (nSPS) is 10.4. The molecule has 5 N–H and O–H groups in total. The average molecular weight is 358 g/mol. The second-order valence-corrected chi connectivity index (χ2v) is 5.50. The summed E-state index contributed by atoms with van der Waals surface area (Å²) in [4.78, 5) is 45.5. The lowest BCUT2D eigenvalue weighted by atomic mass is 10.3. The molecule has 2 rings (SSSR count). The molecule has 0 spiro atoms. The van der Waals surface area contributed by atoms with Crippen molar-refractivity contribution in [2.45, 2.75) is 4.90 Å². The van der Waals surface area contributed by atoms with Crippen LogP contribution in [0.4, 0.5) is 0 Å². The molecule has 0 saturated carbocycles. The molecule has 0 unspecified atom stereocenters. The van der Waals surface area contributed by atoms with Gasteiger partial charge in [-0.15, -0.1) is 0 Å². The molecule has 0 radical (unpaired) electrons. The summed E-state index contributed by atoms with van der Waals surface area (Å²) in [6, 6.07) is 3.29. The third-order valence-electron chi connectivity index (χ3n) is 2.45. The van der Waals surface area contributed by atoms with E-state index in [1.54, 1.807) is 0 Å². The van der Waals surface area contributed by atoms with E-state index in [0.717, 1.165) is 0 Å². The Hall–Kier alpha value is -3.25. The van der Waals surface area contributed by atoms with E-state index in [1.165, 1.54) is 18.3 Å². The predicted octanol–water partition coefficient (Wildman–Crippen LogP) is -0.607. The predicted molar refractivity (Wildman–Crippen MR) is 77.9 cm³/mol. The number of nitrogens with one attached hydrogen (secondary N) is 2. The molecular formula is C12H10N2O9S. The smallest absolute Gasteiger partial charge is 0.341 e. The summed E-state index contributed by atoms with van der Waals surface area (Å²) in [5.41, 5.74) is -2.50. The minimum absolute atomic E-state index is 0.234. The Morgan fingerprint density at radius 1 is 0.958 bits per heavy atom. The first-order chi connectivity index (χ1) is 11.0. The molecule has 2 aromatic rings. The Kier molecular flexibility index (Phi) is 5.75. The van der Waals surface area contributed by atoms with Gasteiger partial charge in [-0.3, -0.25) is 14.1 Å². The molecule has 0 amide bonds. The SMILES string of the molecule is O=C(O)c1cc(S(=O)(=O)O)c[nH]c1=O.O=C(O)c1ccc[nH]c1=O. The Labute approximate surface area is 133 Å². The van der Waals surface area contributed by atoms with Gasteiger partial charge >= 0.3 is 11.9 Å². The van der Waals surface area contributed by atoms with Crippen molar-refractivity contribution in [1.29, 1.82) is 0 Å². The van der Waals surface area contributed by atoms with Gasteiger partial charge in [-0.25, -0.2) is 9.59 Å². The lowest BCUT2D eigenvalue weighted by Gasteiger charge is -1.97. The highest BCUT2D eigenvalue weighted by Gasteiger charge is 2.15. The summed E-state index contributed by atoms with van der Waals surface area (Å²) >= 11 is 0. The number of rotatable bonds is 3. The second kappa shape index (κ2) is 7.34. The Bertz CT molecular complexity index is 988. The molecule has 0 atom stereocenters. The van der Waals surface area contributed by atoms with Crippen molar-refractivity contribution in [2.24, 2.45) is 0 Å². The van der Waals surface area contributed by atoms with Crippen molar-refractivity contribution in [3.05, 3.63) is 62.4 Å². The zero-order chi connectivity index (χ0) is 18.5. The number of aromatic nitrogens is 2. The number of hydrogen-bond acceptors (Lipinski definition) is 6. The van der Waals surface area contributed by atoms with Crippen LogP contribution in [0.3, 0.4) is 0 Å². The van der Waals surface area contributed by atoms with Crippen molar-refractivity contribution in [3.8, 4) is 0 Å². The fourth-order valence-electron chi connectivity index (χ4n) is 1.36. The van der Waals surface area contributed by atoms with Crippen LogP contribution in [0.2, 0.25) is 0 Å². The number of H-pyrrole nitrogens is 2. The number of aromatic carboxylic acids is 2. The van der Waals surface area contributed by atoms with E-state index in [4.69, 9.17) is 14.8 Å². The number of carboxylic acid groups (broad SMARTS) is 2. The van der Waals surface area contributed by atoms with Crippen molar-refractivity contribution in [1.82, 2.24) is 9.97 Å². The summed E-state index contributed by atoms with van der Waals surface area (Å²) < 4.78 is 29.7. The maximum Gasteiger partial charge on any atom is 0.341 e. The van der Waals surface area contributed by atoms with E-state index >= 15 is 0 Å². The van der Waals surface area contributed by atoms with Crippen LogP contribution in [-0.4, -0.2) is 45.1 Å². The lowest BCUT2D eigenvalue weighted by molar-refractivity contribution is 0.0684. The van der Waals surface area contributed by atoms with Crippen molar-refractivity contribution >= 4 is 22.1 Å². The molecule has 24 heavy (non-hydrogen) atoms. The maximum atomic E-state index is 10.8. The lowest BCUT2D eigenvalue weighted by Crippen LogP contribution is -2.18. The molecule has 0 aliphatic heterocycles. The van der Waals surface area contributed by atoms with Crippen molar-refractivity contribution < 1.29 is 32.8 Å². The molecule has 2 heterocycles. The fourth-order valence-corrected chi connectivity index (χ4v) is 1.84. The summed E-state index contributed by atoms with van der Waals surface area (Å²) in [6.07, 6.45) is 2.10. The van der Waals surface area contributed by atoms with Gasteiger partial charge in [0.1, 0.15) is 16.0 Å². The number of pyridine rings is 2. The van der Waals surface area contributed by atoms with Crippen molar-refractivity contribution in [2.75, 3.05) is 0 Å². The van der Waals surface area contributed by atoms with Gasteiger partial charge in [-0.2, -0.15) is 8.42 Å². The van der Waals surface area contributed by atoms with E-state index in [2.05, 4.69) is 4.98 Å². The number of carboxylic acids is 2. The van der Waals surface area contributed by atoms with E-state index in [1.807, 2.05) is 4.98 Å². The Balaban J connectivity index is 0.000000254. The number of hydrogen-bond donors (Lipinski definition) is 5. The molecule has 11 nitrogen and oxygen atoms in total. The first-order valence-electron chi connectivity index (χ1n) is 5.88. The molecule has 12 heteroatoms. The van der Waals surface area contributed by atoms with Gasteiger partial charge in [-0.05, 0) is 18.2 Å². The van der Waals surface area contributed by atoms with Crippen LogP contribution in [0.5, 0.6) is 0 Å². The highest BCUT2D eigenvalue weighted by molar-refractivity contribution is 7.85. The summed E-state index contributed by atoms with van der Waals surface area (Å²) in [6.45, 7) is 0. The highest BCUT2D eigenvalue weighted by atomic mass is 32.2. The minimum atomic E-state index is -4.51. The standard InChI is InChI=1S/C6H5NO6S.C6H5NO3/c8-5-4(6(9)10)1-3(2-7-5)14(11,12)13;8-5-4(6(9)10)2-1-3-7-5/h1-2H,(H,7,8)(H,9,10)(H,11,12,13);1-3H,(H,7,8)(H,9,10). The molecule has 0 aliphatic carbocycles. The summed E-state index contributed by atoms with van der Waals surface area (Å²) in [5.74, 6) is -2.78. The summed E-state index contributed by atoms with van der Waals surface area (Å²) in [5, 5.41) is 16.8. The molecule has 0 bridgehead atoms. The van der Waals surface area contributed by atoms with Crippen LogP contribution in [-0.2, 0) is 10.1 Å². The van der Waals surface area contributed by atoms with E-state index in [9.17, 15) is 27.6 Å². The molecule has 0 aromatic carbocycles. The Morgan fingerprint density at radius 2 is 1.50 bits per heavy atom. The molecule has 2 aromatic heterocycles. The van der Waals surface area contributed by atoms with Gasteiger partial charge in [0.15, 0.2) is 0 Å². The zero-order valence-electron chi connectivity index (χ0n) is 11.6. The average Bonchev–Trinajstić information content (AvgIpc) is 2.47. The zero-order valence-corrected chi connectivity index (χ0v) is 12.4. The van der Waals surface area contributed by atoms with Crippen LogP contribution in [0.1, 0.15) is 20.7 Å². The van der Waals surface area contributed by atoms with E-state index in [0.29, 0.717) is 12.3 Å². The topological polar surface area (TPSA) is 195 Å². The first-order valence-corrected chi connectivity index (χ1v) is 7.32. The van der Waals surface area contributed by atoms with Gasteiger partial charge in [0.2, 0.25) is 0 Å². The number of carbonyl (C=O) groups is 2. The molecule has 128 valence electrons. The van der Waals surface area contributed by atoms with Crippen LogP contribution in [0.25, 0.3) is 0 Å². The molecule has 0 aliphatic rings. The van der Waals surface area contributed by atoms with Crippen LogP contribution >= 0.6 is 0 Å². The highest BCUT2D eigenvalue weighted by Crippen LogP contribution is 2.05. The van der Waals surface area contributed by atoms with E-state index < -0.39 is 43.6 Å². The second-order valence-electron chi connectivity index (χ2n) is 4.08. The van der Waals surface area contributed by atoms with Crippen molar-refractivity contribution in [3.63, 3.8) is 0 Å². The quantitative estimate of drug-likeness (QED) is 0.445. The van der Waals surface area contributed by atoms with Crippen LogP contribution < -0.4 is 11.1 Å². The third-order valence-corrected chi connectivity index (χ3v) is 3.29. The maximum absolute atomic E-state index is 10.8. The van der Waals surface area contributed by atoms with Crippen LogP contribution in [0.15, 0.2) is 45.1 Å². The fraction of sp³-hybridized carbons (Fsp3) is 0. The first kappa shape index (κ1) is 18.8. The largest absolute Gasteiger partial charge is 0.477 e. The van der Waals surface area contributed by atoms with Gasteiger partial charge in [0.25, 0.3) is 21.2 Å². The van der Waals surface area contributed by atoms with Crippen LogP contribution in [0, 0.1) is 0 Å². The third kappa shape index (κ3) is 4.89. The Morgan fingerprint density at radius 3 is 1.92 bits per heavy atom. The van der Waals surface area contributed by atoms with E-state index in [-0.39, 0.29) is 5.56 Å².